The van der Waals surface area contributed by atoms with Crippen molar-refractivity contribution in [2.75, 3.05) is 5.32 Å². The number of benzene rings is 2. The number of thiocarbonyl (C=S) groups is 1. The Kier molecular flexibility index (Phi) is 7.79. The highest BCUT2D eigenvalue weighted by molar-refractivity contribution is 7.80. The van der Waals surface area contributed by atoms with Gasteiger partial charge >= 0.3 is 6.36 Å². The first-order chi connectivity index (χ1) is 14.4. The first kappa shape index (κ1) is 22.2. The number of anilines is 1. The fourth-order valence-electron chi connectivity index (χ4n) is 3.40. The Bertz CT molecular complexity index is 803. The lowest BCUT2D eigenvalue weighted by Crippen LogP contribution is -2.38. The molecule has 8 heteroatoms. The summed E-state index contributed by atoms with van der Waals surface area (Å²) in [7, 11) is 0. The van der Waals surface area contributed by atoms with E-state index in [-0.39, 0.29) is 5.75 Å². The van der Waals surface area contributed by atoms with E-state index in [0.29, 0.717) is 22.7 Å². The van der Waals surface area contributed by atoms with Crippen LogP contribution < -0.4 is 20.1 Å². The lowest BCUT2D eigenvalue weighted by atomic mass is 9.97. The van der Waals surface area contributed by atoms with Gasteiger partial charge in [0.1, 0.15) is 17.2 Å². The third kappa shape index (κ3) is 7.74. The van der Waals surface area contributed by atoms with Gasteiger partial charge in [0, 0.05) is 11.7 Å². The molecule has 0 heterocycles. The number of nitrogens with one attached hydrogen (secondary N) is 2. The number of ether oxygens (including phenoxy) is 2. The zero-order chi connectivity index (χ0) is 21.4. The standard InChI is InChI=1S/C22H25F3N2O2S/c23-22(24,25)29-20-14-12-19(13-15-20)28-18-10-8-17(9-11-18)27-21(30)26-16-6-4-2-1-3-5-7-16/h8-16H,1-7H2,(H2,26,27,30). The van der Waals surface area contributed by atoms with Crippen molar-refractivity contribution >= 4 is 23.0 Å². The number of rotatable bonds is 5. The highest BCUT2D eigenvalue weighted by Crippen LogP contribution is 2.28. The lowest BCUT2D eigenvalue weighted by Gasteiger charge is -2.22. The Morgan fingerprint density at radius 3 is 1.87 bits per heavy atom. The van der Waals surface area contributed by atoms with E-state index in [1.54, 1.807) is 12.1 Å². The molecular formula is C22H25F3N2O2S. The predicted octanol–water partition coefficient (Wildman–Crippen LogP) is 6.78. The largest absolute Gasteiger partial charge is 0.573 e. The van der Waals surface area contributed by atoms with Crippen LogP contribution in [0.5, 0.6) is 17.2 Å². The molecule has 0 radical (unpaired) electrons. The molecule has 1 fully saturated rings. The number of alkyl halides is 3. The molecule has 2 aromatic carbocycles. The minimum Gasteiger partial charge on any atom is -0.457 e. The molecule has 0 saturated heterocycles. The molecule has 3 rings (SSSR count). The molecule has 2 N–H and O–H groups in total. The van der Waals surface area contributed by atoms with Crippen LogP contribution in [0.25, 0.3) is 0 Å². The second-order valence-electron chi connectivity index (χ2n) is 7.29. The topological polar surface area (TPSA) is 42.5 Å². The van der Waals surface area contributed by atoms with Crippen molar-refractivity contribution in [3.63, 3.8) is 0 Å². The number of halogens is 3. The summed E-state index contributed by atoms with van der Waals surface area (Å²) in [5.74, 6) is 0.676. The fraction of sp³-hybridized carbons (Fsp3) is 0.409. The van der Waals surface area contributed by atoms with Crippen molar-refractivity contribution in [2.45, 2.75) is 57.3 Å². The molecule has 0 spiro atoms. The summed E-state index contributed by atoms with van der Waals surface area (Å²) in [5, 5.41) is 7.20. The van der Waals surface area contributed by atoms with Gasteiger partial charge in [0.2, 0.25) is 0 Å². The molecule has 1 saturated carbocycles. The average molecular weight is 439 g/mol. The van der Waals surface area contributed by atoms with Gasteiger partial charge in [0.15, 0.2) is 5.11 Å². The molecule has 4 nitrogen and oxygen atoms in total. The summed E-state index contributed by atoms with van der Waals surface area (Å²) in [6.07, 6.45) is 3.94. The van der Waals surface area contributed by atoms with Gasteiger partial charge in [-0.05, 0) is 73.6 Å². The normalized spacial score (nSPS) is 15.6. The highest BCUT2D eigenvalue weighted by Gasteiger charge is 2.31. The van der Waals surface area contributed by atoms with Gasteiger partial charge in [-0.3, -0.25) is 0 Å². The summed E-state index contributed by atoms with van der Waals surface area (Å²) in [4.78, 5) is 0. The average Bonchev–Trinajstić information content (AvgIpc) is 2.66. The number of hydrogen-bond donors (Lipinski definition) is 2. The quantitative estimate of drug-likeness (QED) is 0.504. The van der Waals surface area contributed by atoms with Crippen molar-refractivity contribution in [3.8, 4) is 17.2 Å². The van der Waals surface area contributed by atoms with Crippen LogP contribution in [-0.2, 0) is 0 Å². The Morgan fingerprint density at radius 1 is 0.800 bits per heavy atom. The molecule has 1 aliphatic carbocycles. The molecule has 0 amide bonds. The Hall–Kier alpha value is -2.48. The summed E-state index contributed by atoms with van der Waals surface area (Å²) in [6.45, 7) is 0. The van der Waals surface area contributed by atoms with Crippen LogP contribution >= 0.6 is 12.2 Å². The summed E-state index contributed by atoms with van der Waals surface area (Å²) in [6, 6.07) is 12.9. The molecule has 30 heavy (non-hydrogen) atoms. The third-order valence-corrected chi connectivity index (χ3v) is 5.07. The second kappa shape index (κ2) is 10.5. The Morgan fingerprint density at radius 2 is 1.30 bits per heavy atom. The minimum atomic E-state index is -4.71. The zero-order valence-electron chi connectivity index (χ0n) is 16.5. The van der Waals surface area contributed by atoms with Gasteiger partial charge in [-0.1, -0.05) is 32.1 Å². The van der Waals surface area contributed by atoms with E-state index >= 15 is 0 Å². The van der Waals surface area contributed by atoms with Crippen LogP contribution in [0.4, 0.5) is 18.9 Å². The molecule has 1 aliphatic rings. The maximum absolute atomic E-state index is 12.2. The molecule has 0 bridgehead atoms. The summed E-state index contributed by atoms with van der Waals surface area (Å²) < 4.78 is 46.1. The van der Waals surface area contributed by atoms with Crippen LogP contribution in [-0.4, -0.2) is 17.5 Å². The van der Waals surface area contributed by atoms with Crippen LogP contribution in [0.1, 0.15) is 44.9 Å². The highest BCUT2D eigenvalue weighted by atomic mass is 32.1. The van der Waals surface area contributed by atoms with E-state index in [9.17, 15) is 13.2 Å². The van der Waals surface area contributed by atoms with Crippen LogP contribution in [0.3, 0.4) is 0 Å². The monoisotopic (exact) mass is 438 g/mol. The maximum atomic E-state index is 12.2. The van der Waals surface area contributed by atoms with Crippen molar-refractivity contribution in [2.24, 2.45) is 0 Å². The van der Waals surface area contributed by atoms with Gasteiger partial charge in [0.25, 0.3) is 0 Å². The molecule has 0 aromatic heterocycles. The first-order valence-electron chi connectivity index (χ1n) is 10.1. The van der Waals surface area contributed by atoms with Gasteiger partial charge < -0.3 is 20.1 Å². The maximum Gasteiger partial charge on any atom is 0.573 e. The van der Waals surface area contributed by atoms with Crippen LogP contribution in [0, 0.1) is 0 Å². The molecule has 162 valence electrons. The Labute approximate surface area is 179 Å². The summed E-state index contributed by atoms with van der Waals surface area (Å²) in [5.41, 5.74) is 0.833. The molecule has 0 unspecified atom stereocenters. The van der Waals surface area contributed by atoms with E-state index in [0.717, 1.165) is 18.5 Å². The van der Waals surface area contributed by atoms with Gasteiger partial charge in [0.05, 0.1) is 0 Å². The van der Waals surface area contributed by atoms with E-state index in [2.05, 4.69) is 15.4 Å². The molecular weight excluding hydrogens is 413 g/mol. The first-order valence-corrected chi connectivity index (χ1v) is 10.5. The van der Waals surface area contributed by atoms with E-state index < -0.39 is 6.36 Å². The van der Waals surface area contributed by atoms with Gasteiger partial charge in [-0.15, -0.1) is 13.2 Å². The predicted molar refractivity (Wildman–Crippen MR) is 115 cm³/mol. The van der Waals surface area contributed by atoms with E-state index in [4.69, 9.17) is 17.0 Å². The third-order valence-electron chi connectivity index (χ3n) is 4.85. The minimum absolute atomic E-state index is 0.292. The van der Waals surface area contributed by atoms with Gasteiger partial charge in [-0.2, -0.15) is 0 Å². The number of hydrogen-bond acceptors (Lipinski definition) is 3. The van der Waals surface area contributed by atoms with Crippen LogP contribution in [0.2, 0.25) is 0 Å². The van der Waals surface area contributed by atoms with Crippen LogP contribution in [0.15, 0.2) is 48.5 Å². The molecule has 0 atom stereocenters. The summed E-state index contributed by atoms with van der Waals surface area (Å²) >= 11 is 5.44. The van der Waals surface area contributed by atoms with Crippen molar-refractivity contribution < 1.29 is 22.6 Å². The lowest BCUT2D eigenvalue weighted by molar-refractivity contribution is -0.274. The Balaban J connectivity index is 1.49. The van der Waals surface area contributed by atoms with Crippen molar-refractivity contribution in [3.05, 3.63) is 48.5 Å². The second-order valence-corrected chi connectivity index (χ2v) is 7.69. The molecule has 2 aromatic rings. The van der Waals surface area contributed by atoms with Crippen molar-refractivity contribution in [1.82, 2.24) is 5.32 Å². The zero-order valence-corrected chi connectivity index (χ0v) is 17.3. The molecule has 0 aliphatic heterocycles. The van der Waals surface area contributed by atoms with Crippen molar-refractivity contribution in [1.29, 1.82) is 0 Å². The van der Waals surface area contributed by atoms with E-state index in [1.807, 2.05) is 12.1 Å². The van der Waals surface area contributed by atoms with E-state index in [1.165, 1.54) is 56.4 Å². The fourth-order valence-corrected chi connectivity index (χ4v) is 3.69. The SMILES string of the molecule is FC(F)(F)Oc1ccc(Oc2ccc(NC(=S)NC3CCCCCCC3)cc2)cc1. The smallest absolute Gasteiger partial charge is 0.457 e. The van der Waals surface area contributed by atoms with Gasteiger partial charge in [-0.25, -0.2) is 0 Å².